The summed E-state index contributed by atoms with van der Waals surface area (Å²) >= 11 is 0. The van der Waals surface area contributed by atoms with Gasteiger partial charge >= 0.3 is 11.9 Å². The first kappa shape index (κ1) is 34.8. The number of aromatic nitrogens is 2. The molecule has 47 heavy (non-hydrogen) atoms. The Morgan fingerprint density at radius 3 is 1.98 bits per heavy atom. The average molecular weight is 689 g/mol. The van der Waals surface area contributed by atoms with Crippen molar-refractivity contribution in [1.29, 1.82) is 0 Å². The van der Waals surface area contributed by atoms with E-state index in [2.05, 4.69) is 16.3 Å². The van der Waals surface area contributed by atoms with Gasteiger partial charge in [-0.15, -0.1) is 5.73 Å². The topological polar surface area (TPSA) is 231 Å². The number of hydrazine groups is 1. The molecule has 1 amide bonds. The number of allylic oxidation sites excluding steroid dienone is 2. The zero-order valence-corrected chi connectivity index (χ0v) is 26.4. The van der Waals surface area contributed by atoms with E-state index in [-0.39, 0.29) is 47.8 Å². The zero-order valence-electron chi connectivity index (χ0n) is 24.7. The van der Waals surface area contributed by atoms with Crippen LogP contribution in [0.25, 0.3) is 11.8 Å². The monoisotopic (exact) mass is 688 g/mol. The molecule has 3 aromatic rings. The van der Waals surface area contributed by atoms with Crippen LogP contribution in [0.4, 0.5) is 5.69 Å². The summed E-state index contributed by atoms with van der Waals surface area (Å²) in [5.74, 6) is -2.24. The lowest BCUT2D eigenvalue weighted by atomic mass is 10.1. The number of hydrogen-bond donors (Lipinski definition) is 4. The number of amides is 1. The van der Waals surface area contributed by atoms with Crippen LogP contribution in [0.2, 0.25) is 0 Å². The molecule has 1 fully saturated rings. The number of carbonyl (C=O) groups excluding carboxylic acids is 3. The highest BCUT2D eigenvalue weighted by molar-refractivity contribution is 7.86. The summed E-state index contributed by atoms with van der Waals surface area (Å²) in [5, 5.41) is 3.65. The summed E-state index contributed by atoms with van der Waals surface area (Å²) in [5.41, 5.74) is 4.74. The largest absolute Gasteiger partial charge is 0.465 e. The van der Waals surface area contributed by atoms with Gasteiger partial charge in [0, 0.05) is 5.57 Å². The summed E-state index contributed by atoms with van der Waals surface area (Å²) in [6, 6.07) is 8.11. The SMILES string of the molecule is CCOC(=O)c1[nH]n(-c2ccc(S(=O)(=O)O)cc2)c(=O)c1C=C=CCC=C1C(=O)N(c2ccc(S(=O)(=O)O)cc2)NC1C(=O)OCC. The van der Waals surface area contributed by atoms with Crippen LogP contribution in [-0.2, 0) is 39.3 Å². The standard InChI is InChI=1S/C29H28N4O12S2/c1-3-44-28(36)24-22(26(34)32(30-24)18-10-14-20(15-11-18)46(38,39)40)8-6-5-7-9-23-25(29(37)45-4-2)31-33(27(23)35)19-12-16-21(17-13-19)47(41,42)43/h5,8-17,24,30-31H,3-4,6H2,1-2H3,(H,38,39,40)(H,41,42,43). The fraction of sp³-hybridized carbons (Fsp3) is 0.207. The van der Waals surface area contributed by atoms with Gasteiger partial charge in [0.05, 0.1) is 39.9 Å². The molecule has 0 spiro atoms. The number of carbonyl (C=O) groups is 3. The van der Waals surface area contributed by atoms with Gasteiger partial charge in [0.1, 0.15) is 0 Å². The van der Waals surface area contributed by atoms with Crippen molar-refractivity contribution < 1.29 is 49.8 Å². The van der Waals surface area contributed by atoms with Crippen LogP contribution in [0, 0.1) is 0 Å². The summed E-state index contributed by atoms with van der Waals surface area (Å²) < 4.78 is 75.0. The Balaban J connectivity index is 1.63. The second-order valence-corrected chi connectivity index (χ2v) is 12.4. The molecule has 1 aromatic heterocycles. The molecule has 2 heterocycles. The van der Waals surface area contributed by atoms with E-state index >= 15 is 0 Å². The van der Waals surface area contributed by atoms with Crippen LogP contribution >= 0.6 is 0 Å². The number of hydrogen-bond acceptors (Lipinski definition) is 11. The van der Waals surface area contributed by atoms with Gasteiger partial charge in [-0.1, -0.05) is 6.08 Å². The minimum absolute atomic E-state index is 0.00455. The predicted octanol–water partition coefficient (Wildman–Crippen LogP) is 1.80. The Bertz CT molecular complexity index is 2070. The highest BCUT2D eigenvalue weighted by Gasteiger charge is 2.40. The maximum atomic E-state index is 13.3. The van der Waals surface area contributed by atoms with E-state index in [4.69, 9.17) is 9.47 Å². The normalized spacial score (nSPS) is 15.7. The number of benzene rings is 2. The fourth-order valence-corrected chi connectivity index (χ4v) is 5.33. The van der Waals surface area contributed by atoms with Crippen molar-refractivity contribution in [2.24, 2.45) is 0 Å². The van der Waals surface area contributed by atoms with Crippen molar-refractivity contribution in [3.8, 4) is 5.69 Å². The number of nitrogens with one attached hydrogen (secondary N) is 2. The zero-order chi connectivity index (χ0) is 34.5. The lowest BCUT2D eigenvalue weighted by molar-refractivity contribution is -0.144. The molecular weight excluding hydrogens is 660 g/mol. The van der Waals surface area contributed by atoms with Crippen molar-refractivity contribution in [3.63, 3.8) is 0 Å². The maximum Gasteiger partial charge on any atom is 0.357 e. The van der Waals surface area contributed by atoms with Crippen molar-refractivity contribution in [2.45, 2.75) is 36.1 Å². The molecule has 16 nitrogen and oxygen atoms in total. The lowest BCUT2D eigenvalue weighted by Gasteiger charge is -2.17. The van der Waals surface area contributed by atoms with Crippen molar-refractivity contribution in [3.05, 3.63) is 93.6 Å². The molecule has 0 radical (unpaired) electrons. The first-order chi connectivity index (χ1) is 22.2. The Morgan fingerprint density at radius 1 is 0.894 bits per heavy atom. The molecule has 248 valence electrons. The summed E-state index contributed by atoms with van der Waals surface area (Å²) in [4.78, 5) is 50.9. The van der Waals surface area contributed by atoms with Gasteiger partial charge in [0.2, 0.25) is 0 Å². The molecule has 1 aliphatic heterocycles. The number of rotatable bonds is 11. The van der Waals surface area contributed by atoms with Gasteiger partial charge in [0.15, 0.2) is 11.7 Å². The van der Waals surface area contributed by atoms with Crippen LogP contribution in [0.1, 0.15) is 36.3 Å². The smallest absolute Gasteiger partial charge is 0.357 e. The van der Waals surface area contributed by atoms with Crippen LogP contribution in [0.15, 0.2) is 86.6 Å². The molecule has 2 aromatic carbocycles. The van der Waals surface area contributed by atoms with E-state index in [0.29, 0.717) is 0 Å². The summed E-state index contributed by atoms with van der Waals surface area (Å²) in [7, 11) is -8.95. The number of nitrogens with zero attached hydrogens (tertiary/aromatic N) is 2. The van der Waals surface area contributed by atoms with Gasteiger partial charge in [-0.05, 0) is 81.0 Å². The Morgan fingerprint density at radius 2 is 1.45 bits per heavy atom. The number of anilines is 1. The van der Waals surface area contributed by atoms with Crippen LogP contribution in [0.5, 0.6) is 0 Å². The van der Waals surface area contributed by atoms with E-state index in [1.165, 1.54) is 42.5 Å². The summed E-state index contributed by atoms with van der Waals surface area (Å²) in [6.07, 6.45) is 4.06. The van der Waals surface area contributed by atoms with E-state index in [1.807, 2.05) is 0 Å². The Labute approximate surface area is 268 Å². The first-order valence-electron chi connectivity index (χ1n) is 13.7. The van der Waals surface area contributed by atoms with Crippen LogP contribution in [0.3, 0.4) is 0 Å². The van der Waals surface area contributed by atoms with Crippen LogP contribution in [-0.4, -0.2) is 72.8 Å². The van der Waals surface area contributed by atoms with E-state index < -0.39 is 59.5 Å². The molecular formula is C29H28N4O12S2. The molecule has 4 rings (SSSR count). The molecule has 18 heteroatoms. The molecule has 1 saturated heterocycles. The number of esters is 2. The third-order valence-corrected chi connectivity index (χ3v) is 8.27. The van der Waals surface area contributed by atoms with E-state index in [9.17, 15) is 45.1 Å². The van der Waals surface area contributed by atoms with Gasteiger partial charge < -0.3 is 9.47 Å². The van der Waals surface area contributed by atoms with Crippen molar-refractivity contribution in [2.75, 3.05) is 18.2 Å². The molecule has 1 aliphatic rings. The van der Waals surface area contributed by atoms with Crippen molar-refractivity contribution in [1.82, 2.24) is 15.2 Å². The molecule has 1 atom stereocenters. The van der Waals surface area contributed by atoms with Crippen molar-refractivity contribution >= 4 is 49.8 Å². The second kappa shape index (κ2) is 14.1. The average Bonchev–Trinajstić information content (AvgIpc) is 3.52. The minimum atomic E-state index is -4.48. The molecule has 0 bridgehead atoms. The molecule has 4 N–H and O–H groups in total. The highest BCUT2D eigenvalue weighted by Crippen LogP contribution is 2.25. The van der Waals surface area contributed by atoms with Gasteiger partial charge in [-0.3, -0.25) is 23.8 Å². The fourth-order valence-electron chi connectivity index (χ4n) is 4.37. The first-order valence-corrected chi connectivity index (χ1v) is 16.6. The van der Waals surface area contributed by atoms with E-state index in [1.54, 1.807) is 13.8 Å². The van der Waals surface area contributed by atoms with Gasteiger partial charge in [-0.25, -0.2) is 24.7 Å². The summed E-state index contributed by atoms with van der Waals surface area (Å²) in [6.45, 7) is 3.20. The Kier molecular flexibility index (Phi) is 10.4. The third kappa shape index (κ3) is 7.83. The third-order valence-electron chi connectivity index (χ3n) is 6.53. The van der Waals surface area contributed by atoms with E-state index in [0.717, 1.165) is 34.0 Å². The van der Waals surface area contributed by atoms with Crippen LogP contribution < -0.4 is 16.0 Å². The number of ether oxygens (including phenoxy) is 2. The number of aromatic amines is 1. The Hall–Kier alpha value is -5.10. The number of H-pyrrole nitrogens is 1. The van der Waals surface area contributed by atoms with Gasteiger partial charge in [-0.2, -0.15) is 16.8 Å². The second-order valence-electron chi connectivity index (χ2n) is 9.56. The lowest BCUT2D eigenvalue weighted by Crippen LogP contribution is -2.41. The molecule has 0 saturated carbocycles. The minimum Gasteiger partial charge on any atom is -0.465 e. The molecule has 0 aliphatic carbocycles. The van der Waals surface area contributed by atoms with Gasteiger partial charge in [0.25, 0.3) is 31.7 Å². The highest BCUT2D eigenvalue weighted by atomic mass is 32.2. The quantitative estimate of drug-likeness (QED) is 0.0976. The molecule has 1 unspecified atom stereocenters. The maximum absolute atomic E-state index is 13.3. The predicted molar refractivity (Wildman–Crippen MR) is 165 cm³/mol.